The van der Waals surface area contributed by atoms with Crippen LogP contribution >= 0.6 is 11.6 Å². The van der Waals surface area contributed by atoms with Crippen LogP contribution in [0.4, 0.5) is 13.2 Å². The Bertz CT molecular complexity index is 338. The van der Waals surface area contributed by atoms with Gasteiger partial charge in [-0.2, -0.15) is 0 Å². The Kier molecular flexibility index (Phi) is 4.47. The van der Waals surface area contributed by atoms with Crippen molar-refractivity contribution in [3.8, 4) is 5.75 Å². The average molecular weight is 253 g/mol. The Morgan fingerprint density at radius 3 is 2.62 bits per heavy atom. The summed E-state index contributed by atoms with van der Waals surface area (Å²) in [6.45, 7) is 1.93. The molecule has 0 amide bonds. The molecule has 0 saturated carbocycles. The van der Waals surface area contributed by atoms with E-state index in [2.05, 4.69) is 4.74 Å². The van der Waals surface area contributed by atoms with E-state index in [4.69, 9.17) is 11.6 Å². The molecule has 0 spiro atoms. The van der Waals surface area contributed by atoms with Crippen molar-refractivity contribution in [2.45, 2.75) is 19.7 Å². The summed E-state index contributed by atoms with van der Waals surface area (Å²) in [4.78, 5) is 0. The van der Waals surface area contributed by atoms with E-state index in [9.17, 15) is 13.2 Å². The SMILES string of the molecule is CC(CCl)Cc1cccc(OC(F)(F)F)c1. The van der Waals surface area contributed by atoms with E-state index in [0.29, 0.717) is 12.3 Å². The Balaban J connectivity index is 2.71. The van der Waals surface area contributed by atoms with Crippen LogP contribution in [0.25, 0.3) is 0 Å². The molecule has 0 aliphatic rings. The van der Waals surface area contributed by atoms with Crippen LogP contribution in [-0.4, -0.2) is 12.2 Å². The van der Waals surface area contributed by atoms with Gasteiger partial charge < -0.3 is 4.74 Å². The van der Waals surface area contributed by atoms with Gasteiger partial charge in [0, 0.05) is 5.88 Å². The fraction of sp³-hybridized carbons (Fsp3) is 0.455. The maximum atomic E-state index is 12.0. The van der Waals surface area contributed by atoms with Gasteiger partial charge in [0.1, 0.15) is 5.75 Å². The first kappa shape index (κ1) is 13.2. The summed E-state index contributed by atoms with van der Waals surface area (Å²) < 4.78 is 39.7. The van der Waals surface area contributed by atoms with Crippen LogP contribution in [0.3, 0.4) is 0 Å². The Hall–Kier alpha value is -0.900. The average Bonchev–Trinajstić information content (AvgIpc) is 2.15. The van der Waals surface area contributed by atoms with Crippen molar-refractivity contribution < 1.29 is 17.9 Å². The minimum atomic E-state index is -4.64. The second kappa shape index (κ2) is 5.43. The number of halogens is 4. The Labute approximate surface area is 97.2 Å². The molecular formula is C11H12ClF3O. The topological polar surface area (TPSA) is 9.23 Å². The van der Waals surface area contributed by atoms with Gasteiger partial charge in [-0.3, -0.25) is 0 Å². The van der Waals surface area contributed by atoms with E-state index >= 15 is 0 Å². The second-order valence-corrected chi connectivity index (χ2v) is 3.97. The molecule has 1 atom stereocenters. The molecule has 1 aromatic carbocycles. The number of alkyl halides is 4. The molecule has 16 heavy (non-hydrogen) atoms. The molecule has 0 heterocycles. The number of hydrogen-bond donors (Lipinski definition) is 0. The van der Waals surface area contributed by atoms with E-state index in [0.717, 1.165) is 5.56 Å². The van der Waals surface area contributed by atoms with Gasteiger partial charge in [0.05, 0.1) is 0 Å². The largest absolute Gasteiger partial charge is 0.573 e. The van der Waals surface area contributed by atoms with Gasteiger partial charge in [-0.25, -0.2) is 0 Å². The summed E-state index contributed by atoms with van der Waals surface area (Å²) >= 11 is 5.64. The summed E-state index contributed by atoms with van der Waals surface area (Å²) in [5.74, 6) is 0.513. The van der Waals surface area contributed by atoms with Crippen molar-refractivity contribution in [1.82, 2.24) is 0 Å². The molecule has 1 aromatic rings. The molecule has 0 aliphatic heterocycles. The van der Waals surface area contributed by atoms with Gasteiger partial charge >= 0.3 is 6.36 Å². The standard InChI is InChI=1S/C11H12ClF3O/c1-8(7-12)5-9-3-2-4-10(6-9)16-11(13,14)15/h2-4,6,8H,5,7H2,1H3. The quantitative estimate of drug-likeness (QED) is 0.736. The molecule has 0 fully saturated rings. The zero-order valence-electron chi connectivity index (χ0n) is 8.72. The van der Waals surface area contributed by atoms with Gasteiger partial charge in [0.15, 0.2) is 0 Å². The van der Waals surface area contributed by atoms with Crippen molar-refractivity contribution in [3.63, 3.8) is 0 Å². The van der Waals surface area contributed by atoms with E-state index in [1.807, 2.05) is 6.92 Å². The van der Waals surface area contributed by atoms with Crippen molar-refractivity contribution in [2.75, 3.05) is 5.88 Å². The predicted molar refractivity (Wildman–Crippen MR) is 56.7 cm³/mol. The first-order chi connectivity index (χ1) is 7.40. The summed E-state index contributed by atoms with van der Waals surface area (Å²) in [7, 11) is 0. The first-order valence-corrected chi connectivity index (χ1v) is 5.35. The van der Waals surface area contributed by atoms with Crippen LogP contribution in [0.2, 0.25) is 0 Å². The maximum absolute atomic E-state index is 12.0. The van der Waals surface area contributed by atoms with Crippen LogP contribution in [0, 0.1) is 5.92 Å². The number of rotatable bonds is 4. The Morgan fingerprint density at radius 1 is 1.38 bits per heavy atom. The van der Waals surface area contributed by atoms with Gasteiger partial charge in [-0.1, -0.05) is 19.1 Å². The normalized spacial score (nSPS) is 13.6. The minimum Gasteiger partial charge on any atom is -0.406 e. The summed E-state index contributed by atoms with van der Waals surface area (Å²) in [5, 5.41) is 0. The third-order valence-corrected chi connectivity index (χ3v) is 2.51. The third-order valence-electron chi connectivity index (χ3n) is 1.98. The molecule has 0 aliphatic carbocycles. The third kappa shape index (κ3) is 4.75. The zero-order chi connectivity index (χ0) is 12.2. The van der Waals surface area contributed by atoms with Crippen molar-refractivity contribution >= 4 is 11.6 Å². The minimum absolute atomic E-state index is 0.188. The van der Waals surface area contributed by atoms with Crippen LogP contribution in [0.1, 0.15) is 12.5 Å². The van der Waals surface area contributed by atoms with Crippen LogP contribution in [0.15, 0.2) is 24.3 Å². The molecule has 0 saturated heterocycles. The van der Waals surface area contributed by atoms with Gasteiger partial charge in [0.25, 0.3) is 0 Å². The molecular weight excluding hydrogens is 241 g/mol. The van der Waals surface area contributed by atoms with Gasteiger partial charge in [0.2, 0.25) is 0 Å². The fourth-order valence-electron chi connectivity index (χ4n) is 1.33. The zero-order valence-corrected chi connectivity index (χ0v) is 9.48. The molecule has 1 rings (SSSR count). The highest BCUT2D eigenvalue weighted by Gasteiger charge is 2.31. The highest BCUT2D eigenvalue weighted by molar-refractivity contribution is 6.18. The number of ether oxygens (including phenoxy) is 1. The molecule has 0 aromatic heterocycles. The first-order valence-electron chi connectivity index (χ1n) is 4.81. The molecule has 1 nitrogen and oxygen atoms in total. The van der Waals surface area contributed by atoms with E-state index < -0.39 is 6.36 Å². The highest BCUT2D eigenvalue weighted by atomic mass is 35.5. The molecule has 90 valence electrons. The Morgan fingerprint density at radius 2 is 2.06 bits per heavy atom. The fourth-order valence-corrected chi connectivity index (χ4v) is 1.44. The molecule has 0 N–H and O–H groups in total. The van der Waals surface area contributed by atoms with E-state index in [-0.39, 0.29) is 11.7 Å². The lowest BCUT2D eigenvalue weighted by atomic mass is 10.0. The molecule has 0 radical (unpaired) electrons. The predicted octanol–water partition coefficient (Wildman–Crippen LogP) is 4.00. The monoisotopic (exact) mass is 252 g/mol. The summed E-state index contributed by atoms with van der Waals surface area (Å²) in [6.07, 6.45) is -4.00. The van der Waals surface area contributed by atoms with Crippen molar-refractivity contribution in [1.29, 1.82) is 0 Å². The maximum Gasteiger partial charge on any atom is 0.573 e. The van der Waals surface area contributed by atoms with Crippen LogP contribution in [0.5, 0.6) is 5.75 Å². The number of benzene rings is 1. The van der Waals surface area contributed by atoms with Crippen LogP contribution < -0.4 is 4.74 Å². The number of hydrogen-bond acceptors (Lipinski definition) is 1. The van der Waals surface area contributed by atoms with Gasteiger partial charge in [-0.05, 0) is 30.0 Å². The molecule has 1 unspecified atom stereocenters. The van der Waals surface area contributed by atoms with Crippen molar-refractivity contribution in [2.24, 2.45) is 5.92 Å². The highest BCUT2D eigenvalue weighted by Crippen LogP contribution is 2.24. The lowest BCUT2D eigenvalue weighted by Crippen LogP contribution is -2.17. The lowest BCUT2D eigenvalue weighted by Gasteiger charge is -2.11. The molecule has 0 bridgehead atoms. The molecule has 5 heteroatoms. The second-order valence-electron chi connectivity index (χ2n) is 3.66. The van der Waals surface area contributed by atoms with Crippen LogP contribution in [-0.2, 0) is 6.42 Å². The van der Waals surface area contributed by atoms with Crippen molar-refractivity contribution in [3.05, 3.63) is 29.8 Å². The summed E-state index contributed by atoms with van der Waals surface area (Å²) in [5.41, 5.74) is 0.787. The smallest absolute Gasteiger partial charge is 0.406 e. The van der Waals surface area contributed by atoms with Gasteiger partial charge in [-0.15, -0.1) is 24.8 Å². The lowest BCUT2D eigenvalue weighted by molar-refractivity contribution is -0.274. The van der Waals surface area contributed by atoms with E-state index in [1.54, 1.807) is 6.07 Å². The van der Waals surface area contributed by atoms with E-state index in [1.165, 1.54) is 18.2 Å². The summed E-state index contributed by atoms with van der Waals surface area (Å²) in [6, 6.07) is 5.96.